The fourth-order valence-corrected chi connectivity index (χ4v) is 10.4. The Morgan fingerprint density at radius 2 is 1.00 bits per heavy atom. The number of thiophene rings is 1. The van der Waals surface area contributed by atoms with Gasteiger partial charge in [-0.2, -0.15) is 0 Å². The van der Waals surface area contributed by atoms with Crippen LogP contribution in [-0.4, -0.2) is 9.13 Å². The molecule has 0 saturated carbocycles. The third kappa shape index (κ3) is 4.48. The summed E-state index contributed by atoms with van der Waals surface area (Å²) in [7, 11) is 0. The van der Waals surface area contributed by atoms with E-state index in [9.17, 15) is 0 Å². The number of benzene rings is 9. The second-order valence-corrected chi connectivity index (χ2v) is 15.5. The maximum absolute atomic E-state index is 2.52. The first-order valence-corrected chi connectivity index (χ1v) is 19.7. The minimum Gasteiger partial charge on any atom is -0.309 e. The van der Waals surface area contributed by atoms with Gasteiger partial charge in [-0.05, 0) is 82.2 Å². The van der Waals surface area contributed by atoms with Gasteiger partial charge in [0.05, 0.1) is 32.5 Å². The average molecular weight is 717 g/mol. The molecule has 12 rings (SSSR count). The van der Waals surface area contributed by atoms with Crippen LogP contribution >= 0.6 is 11.3 Å². The van der Waals surface area contributed by atoms with E-state index in [1.165, 1.54) is 102 Å². The fraction of sp³-hybridized carbons (Fsp3) is 0. The van der Waals surface area contributed by atoms with Gasteiger partial charge in [0, 0.05) is 48.1 Å². The van der Waals surface area contributed by atoms with Crippen LogP contribution in [-0.2, 0) is 0 Å². The molecule has 0 unspecified atom stereocenters. The molecule has 3 heterocycles. The predicted molar refractivity (Wildman–Crippen MR) is 236 cm³/mol. The summed E-state index contributed by atoms with van der Waals surface area (Å²) in [5.74, 6) is 0. The van der Waals surface area contributed by atoms with Gasteiger partial charge in [0.15, 0.2) is 0 Å². The lowest BCUT2D eigenvalue weighted by Gasteiger charge is -2.13. The van der Waals surface area contributed by atoms with Gasteiger partial charge in [-0.1, -0.05) is 140 Å². The number of nitrogens with zero attached hydrogens (tertiary/aromatic N) is 2. The predicted octanol–water partition coefficient (Wildman–Crippen LogP) is 14.7. The highest BCUT2D eigenvalue weighted by Gasteiger charge is 2.23. The number of hydrogen-bond acceptors (Lipinski definition) is 1. The van der Waals surface area contributed by atoms with Gasteiger partial charge in [0.25, 0.3) is 0 Å². The Morgan fingerprint density at radius 1 is 0.364 bits per heavy atom. The van der Waals surface area contributed by atoms with Gasteiger partial charge in [-0.15, -0.1) is 11.3 Å². The van der Waals surface area contributed by atoms with Crippen LogP contribution in [0.15, 0.2) is 194 Å². The van der Waals surface area contributed by atoms with Gasteiger partial charge >= 0.3 is 0 Å². The van der Waals surface area contributed by atoms with Crippen molar-refractivity contribution >= 4 is 85.9 Å². The van der Waals surface area contributed by atoms with E-state index in [1.807, 2.05) is 11.3 Å². The monoisotopic (exact) mass is 716 g/mol. The van der Waals surface area contributed by atoms with Gasteiger partial charge < -0.3 is 9.13 Å². The van der Waals surface area contributed by atoms with Crippen molar-refractivity contribution in [3.05, 3.63) is 194 Å². The summed E-state index contributed by atoms with van der Waals surface area (Å²) in [6.07, 6.45) is 0. The summed E-state index contributed by atoms with van der Waals surface area (Å²) in [4.78, 5) is 0. The highest BCUT2D eigenvalue weighted by molar-refractivity contribution is 7.26. The lowest BCUT2D eigenvalue weighted by Crippen LogP contribution is -1.95. The zero-order chi connectivity index (χ0) is 36.0. The van der Waals surface area contributed by atoms with E-state index in [0.717, 1.165) is 5.69 Å². The molecule has 0 radical (unpaired) electrons. The van der Waals surface area contributed by atoms with Crippen LogP contribution in [0.1, 0.15) is 0 Å². The van der Waals surface area contributed by atoms with Gasteiger partial charge in [0.2, 0.25) is 0 Å². The zero-order valence-electron chi connectivity index (χ0n) is 29.8. The van der Waals surface area contributed by atoms with Crippen LogP contribution in [0.4, 0.5) is 0 Å². The van der Waals surface area contributed by atoms with Crippen molar-refractivity contribution in [1.29, 1.82) is 0 Å². The number of rotatable bonds is 4. The van der Waals surface area contributed by atoms with E-state index in [-0.39, 0.29) is 0 Å². The molecular formula is C52H32N2S. The highest BCUT2D eigenvalue weighted by atomic mass is 32.1. The molecule has 55 heavy (non-hydrogen) atoms. The van der Waals surface area contributed by atoms with Gasteiger partial charge in [-0.3, -0.25) is 0 Å². The van der Waals surface area contributed by atoms with Crippen molar-refractivity contribution in [3.8, 4) is 33.6 Å². The molecule has 0 spiro atoms. The highest BCUT2D eigenvalue weighted by Crippen LogP contribution is 2.48. The molecule has 3 heteroatoms. The number of aromatic nitrogens is 2. The lowest BCUT2D eigenvalue weighted by atomic mass is 9.95. The van der Waals surface area contributed by atoms with Crippen molar-refractivity contribution in [1.82, 2.24) is 9.13 Å². The molecule has 256 valence electrons. The van der Waals surface area contributed by atoms with Crippen molar-refractivity contribution in [3.63, 3.8) is 0 Å². The Hall–Kier alpha value is -6.94. The zero-order valence-corrected chi connectivity index (χ0v) is 30.6. The molecule has 3 aromatic heterocycles. The first-order chi connectivity index (χ1) is 27.3. The molecule has 0 aliphatic heterocycles. The quantitative estimate of drug-likeness (QED) is 0.172. The fourth-order valence-electron chi connectivity index (χ4n) is 9.09. The van der Waals surface area contributed by atoms with E-state index < -0.39 is 0 Å². The Morgan fingerprint density at radius 3 is 1.85 bits per heavy atom. The van der Waals surface area contributed by atoms with Gasteiger partial charge in [-0.25, -0.2) is 0 Å². The molecule has 0 bridgehead atoms. The van der Waals surface area contributed by atoms with Crippen molar-refractivity contribution in [2.75, 3.05) is 0 Å². The van der Waals surface area contributed by atoms with Crippen LogP contribution in [0, 0.1) is 0 Å². The second-order valence-electron chi connectivity index (χ2n) is 14.5. The molecule has 0 fully saturated rings. The Labute approximate surface area is 321 Å². The average Bonchev–Trinajstić information content (AvgIpc) is 3.91. The van der Waals surface area contributed by atoms with E-state index in [2.05, 4.69) is 203 Å². The molecule has 0 amide bonds. The Bertz CT molecular complexity index is 3480. The Kier molecular flexibility index (Phi) is 6.54. The summed E-state index contributed by atoms with van der Waals surface area (Å²) in [6, 6.07) is 71.3. The van der Waals surface area contributed by atoms with E-state index in [0.29, 0.717) is 0 Å². The topological polar surface area (TPSA) is 9.86 Å². The number of fused-ring (bicyclic) bond motifs is 11. The normalized spacial score (nSPS) is 12.0. The largest absolute Gasteiger partial charge is 0.309 e. The number of para-hydroxylation sites is 2. The second kappa shape index (κ2) is 11.8. The minimum absolute atomic E-state index is 1.16. The number of hydrogen-bond donors (Lipinski definition) is 0. The third-order valence-electron chi connectivity index (χ3n) is 11.5. The van der Waals surface area contributed by atoms with Crippen LogP contribution in [0.2, 0.25) is 0 Å². The maximum atomic E-state index is 2.52. The third-order valence-corrected chi connectivity index (χ3v) is 12.7. The van der Waals surface area contributed by atoms with Crippen LogP contribution in [0.25, 0.3) is 108 Å². The molecule has 0 aliphatic rings. The van der Waals surface area contributed by atoms with Crippen LogP contribution in [0.5, 0.6) is 0 Å². The molecule has 0 saturated heterocycles. The first-order valence-electron chi connectivity index (χ1n) is 18.9. The lowest BCUT2D eigenvalue weighted by molar-refractivity contribution is 1.18. The molecule has 0 aliphatic carbocycles. The van der Waals surface area contributed by atoms with E-state index >= 15 is 0 Å². The summed E-state index contributed by atoms with van der Waals surface area (Å²) < 4.78 is 7.57. The van der Waals surface area contributed by atoms with Crippen molar-refractivity contribution in [2.24, 2.45) is 0 Å². The molecule has 0 atom stereocenters. The van der Waals surface area contributed by atoms with Crippen LogP contribution < -0.4 is 0 Å². The minimum atomic E-state index is 1.16. The molecule has 2 nitrogen and oxygen atoms in total. The smallest absolute Gasteiger partial charge is 0.0720 e. The van der Waals surface area contributed by atoms with Crippen molar-refractivity contribution < 1.29 is 0 Å². The van der Waals surface area contributed by atoms with Gasteiger partial charge in [0.1, 0.15) is 0 Å². The van der Waals surface area contributed by atoms with Crippen molar-refractivity contribution in [2.45, 2.75) is 0 Å². The summed E-state index contributed by atoms with van der Waals surface area (Å²) in [5, 5.41) is 10.2. The maximum Gasteiger partial charge on any atom is 0.0720 e. The molecular weight excluding hydrogens is 685 g/mol. The molecule has 9 aromatic carbocycles. The van der Waals surface area contributed by atoms with E-state index in [1.54, 1.807) is 0 Å². The molecule has 12 aromatic rings. The summed E-state index contributed by atoms with van der Waals surface area (Å²) in [5.41, 5.74) is 12.2. The Balaban J connectivity index is 1.16. The standard InChI is InChI=1S/C52H32N2S/c1-2-14-33(15-3-1)35-18-12-19-37(30-35)53-46-24-9-6-21-39(46)43-31-36(28-29-48(43)53)42-32-44-40-22-7-10-25-47(40)54(45-26-13-17-34-16-4-5-20-38(34)45)51(44)52-50(42)41-23-8-11-27-49(41)55-52/h1-32H. The first kappa shape index (κ1) is 30.5. The van der Waals surface area contributed by atoms with E-state index in [4.69, 9.17) is 0 Å². The summed E-state index contributed by atoms with van der Waals surface area (Å²) in [6.45, 7) is 0. The SMILES string of the molecule is c1ccc(-c2cccc(-n3c4ccccc4c4cc(-c5cc6c7ccccc7n(-c7cccc8ccccc78)c6c6sc7ccccc7c56)ccc43)c2)cc1. The summed E-state index contributed by atoms with van der Waals surface area (Å²) >= 11 is 1.91. The molecule has 0 N–H and O–H groups in total. The van der Waals surface area contributed by atoms with Crippen LogP contribution in [0.3, 0.4) is 0 Å².